The van der Waals surface area contributed by atoms with E-state index in [9.17, 15) is 0 Å². The molecular weight excluding hydrogens is 472 g/mol. The number of rotatable bonds is 10. The molecule has 0 saturated heterocycles. The molecule has 0 saturated carbocycles. The molecule has 6 aromatic rings. The van der Waals surface area contributed by atoms with Gasteiger partial charge in [0.15, 0.2) is 11.6 Å². The molecule has 188 valence electrons. The van der Waals surface area contributed by atoms with E-state index in [2.05, 4.69) is 89.9 Å². The normalized spacial score (nSPS) is 11.5. The molecule has 0 bridgehead atoms. The number of nitrogens with zero attached hydrogens (tertiary/aromatic N) is 6. The summed E-state index contributed by atoms with van der Waals surface area (Å²) in [4.78, 5) is 24.8. The average molecular weight is 501 g/mol. The SMILES string of the molecule is C(=Cn1c(-c2ncc[nH]2)cnc1Cc1ccccc1)CCn1c(-c2ncc[nH]2)cnc1Cc1ccccc1. The van der Waals surface area contributed by atoms with E-state index < -0.39 is 0 Å². The molecule has 4 heterocycles. The molecule has 0 fully saturated rings. The van der Waals surface area contributed by atoms with Crippen LogP contribution in [0.4, 0.5) is 0 Å². The molecule has 8 heteroatoms. The fourth-order valence-corrected chi connectivity index (χ4v) is 4.62. The lowest BCUT2D eigenvalue weighted by Crippen LogP contribution is -2.07. The molecule has 38 heavy (non-hydrogen) atoms. The van der Waals surface area contributed by atoms with Crippen LogP contribution in [-0.2, 0) is 19.4 Å². The van der Waals surface area contributed by atoms with Crippen molar-refractivity contribution in [2.45, 2.75) is 25.8 Å². The van der Waals surface area contributed by atoms with Gasteiger partial charge in [-0.2, -0.15) is 0 Å². The molecule has 0 radical (unpaired) electrons. The molecule has 0 atom stereocenters. The molecular formula is C30H28N8. The second-order valence-electron chi connectivity index (χ2n) is 9.01. The summed E-state index contributed by atoms with van der Waals surface area (Å²) in [6.45, 7) is 0.771. The minimum Gasteiger partial charge on any atom is -0.343 e. The Bertz CT molecular complexity index is 1590. The second kappa shape index (κ2) is 11.0. The number of aromatic nitrogens is 8. The van der Waals surface area contributed by atoms with Crippen LogP contribution in [-0.4, -0.2) is 39.0 Å². The van der Waals surface area contributed by atoms with E-state index in [0.29, 0.717) is 0 Å². The van der Waals surface area contributed by atoms with Crippen molar-refractivity contribution < 1.29 is 0 Å². The van der Waals surface area contributed by atoms with Gasteiger partial charge >= 0.3 is 0 Å². The smallest absolute Gasteiger partial charge is 0.155 e. The first kappa shape index (κ1) is 23.4. The number of imidazole rings is 4. The van der Waals surface area contributed by atoms with Crippen LogP contribution in [0.3, 0.4) is 0 Å². The van der Waals surface area contributed by atoms with Crippen LogP contribution in [0.5, 0.6) is 0 Å². The topological polar surface area (TPSA) is 93.0 Å². The zero-order valence-electron chi connectivity index (χ0n) is 20.9. The summed E-state index contributed by atoms with van der Waals surface area (Å²) in [7, 11) is 0. The number of benzene rings is 2. The van der Waals surface area contributed by atoms with Crippen molar-refractivity contribution in [1.82, 2.24) is 39.0 Å². The quantitative estimate of drug-likeness (QED) is 0.256. The van der Waals surface area contributed by atoms with Gasteiger partial charge in [0.05, 0.1) is 12.4 Å². The van der Waals surface area contributed by atoms with E-state index in [-0.39, 0.29) is 0 Å². The molecule has 2 N–H and O–H groups in total. The number of nitrogens with one attached hydrogen (secondary N) is 2. The fraction of sp³-hybridized carbons (Fsp3) is 0.133. The van der Waals surface area contributed by atoms with Crippen LogP contribution in [0.25, 0.3) is 29.2 Å². The maximum absolute atomic E-state index is 4.76. The zero-order chi connectivity index (χ0) is 25.6. The largest absolute Gasteiger partial charge is 0.343 e. The predicted molar refractivity (Wildman–Crippen MR) is 148 cm³/mol. The maximum Gasteiger partial charge on any atom is 0.155 e. The molecule has 0 unspecified atom stereocenters. The summed E-state index contributed by atoms with van der Waals surface area (Å²) in [5.41, 5.74) is 4.36. The number of aromatic amines is 2. The van der Waals surface area contributed by atoms with Gasteiger partial charge in [0.2, 0.25) is 0 Å². The van der Waals surface area contributed by atoms with Crippen molar-refractivity contribution >= 4 is 6.20 Å². The maximum atomic E-state index is 4.76. The Morgan fingerprint density at radius 2 is 1.24 bits per heavy atom. The van der Waals surface area contributed by atoms with Crippen molar-refractivity contribution in [2.75, 3.05) is 0 Å². The number of H-pyrrole nitrogens is 2. The second-order valence-corrected chi connectivity index (χ2v) is 9.01. The summed E-state index contributed by atoms with van der Waals surface area (Å²) in [5.74, 6) is 3.59. The first-order chi connectivity index (χ1) is 18.8. The Morgan fingerprint density at radius 1 is 0.658 bits per heavy atom. The van der Waals surface area contributed by atoms with E-state index in [1.54, 1.807) is 12.4 Å². The Balaban J connectivity index is 1.26. The molecule has 0 amide bonds. The first-order valence-electron chi connectivity index (χ1n) is 12.7. The van der Waals surface area contributed by atoms with Crippen molar-refractivity contribution in [3.8, 4) is 23.0 Å². The summed E-state index contributed by atoms with van der Waals surface area (Å²) >= 11 is 0. The average Bonchev–Trinajstić information content (AvgIpc) is 3.76. The van der Waals surface area contributed by atoms with Gasteiger partial charge in [0, 0.05) is 50.4 Å². The van der Waals surface area contributed by atoms with Crippen LogP contribution in [0, 0.1) is 0 Å². The van der Waals surface area contributed by atoms with Crippen molar-refractivity contribution in [3.05, 3.63) is 127 Å². The highest BCUT2D eigenvalue weighted by Crippen LogP contribution is 2.22. The van der Waals surface area contributed by atoms with Gasteiger partial charge in [-0.15, -0.1) is 0 Å². The third kappa shape index (κ3) is 5.10. The van der Waals surface area contributed by atoms with E-state index in [4.69, 9.17) is 9.97 Å². The van der Waals surface area contributed by atoms with Crippen LogP contribution >= 0.6 is 0 Å². The van der Waals surface area contributed by atoms with Gasteiger partial charge in [-0.25, -0.2) is 19.9 Å². The number of allylic oxidation sites excluding steroid dienone is 1. The molecule has 0 aliphatic carbocycles. The van der Waals surface area contributed by atoms with Crippen molar-refractivity contribution in [1.29, 1.82) is 0 Å². The minimum atomic E-state index is 0.733. The fourth-order valence-electron chi connectivity index (χ4n) is 4.62. The lowest BCUT2D eigenvalue weighted by atomic mass is 10.1. The predicted octanol–water partition coefficient (Wildman–Crippen LogP) is 5.60. The van der Waals surface area contributed by atoms with Crippen LogP contribution in [0.1, 0.15) is 29.2 Å². The molecule has 8 nitrogen and oxygen atoms in total. The minimum absolute atomic E-state index is 0.733. The van der Waals surface area contributed by atoms with E-state index in [1.165, 1.54) is 11.1 Å². The zero-order valence-corrected chi connectivity index (χ0v) is 20.9. The molecule has 0 spiro atoms. The van der Waals surface area contributed by atoms with Crippen molar-refractivity contribution in [3.63, 3.8) is 0 Å². The summed E-state index contributed by atoms with van der Waals surface area (Å²) in [6.07, 6.45) is 17.6. The number of hydrogen-bond donors (Lipinski definition) is 2. The van der Waals surface area contributed by atoms with E-state index in [1.807, 2.05) is 36.9 Å². The summed E-state index contributed by atoms with van der Waals surface area (Å²) in [6, 6.07) is 20.8. The summed E-state index contributed by atoms with van der Waals surface area (Å²) < 4.78 is 4.38. The third-order valence-electron chi connectivity index (χ3n) is 6.48. The molecule has 4 aromatic heterocycles. The highest BCUT2D eigenvalue weighted by atomic mass is 15.1. The molecule has 2 aromatic carbocycles. The number of hydrogen-bond acceptors (Lipinski definition) is 4. The van der Waals surface area contributed by atoms with Crippen LogP contribution in [0.2, 0.25) is 0 Å². The van der Waals surface area contributed by atoms with Gasteiger partial charge in [-0.3, -0.25) is 0 Å². The van der Waals surface area contributed by atoms with Crippen LogP contribution < -0.4 is 0 Å². The van der Waals surface area contributed by atoms with E-state index in [0.717, 1.165) is 60.5 Å². The van der Waals surface area contributed by atoms with Gasteiger partial charge in [0.25, 0.3) is 0 Å². The highest BCUT2D eigenvalue weighted by Gasteiger charge is 2.15. The first-order valence-corrected chi connectivity index (χ1v) is 12.7. The van der Waals surface area contributed by atoms with Gasteiger partial charge in [0.1, 0.15) is 23.0 Å². The molecule has 6 rings (SSSR count). The Kier molecular flexibility index (Phi) is 6.76. The van der Waals surface area contributed by atoms with Gasteiger partial charge in [-0.1, -0.05) is 66.7 Å². The monoisotopic (exact) mass is 500 g/mol. The lowest BCUT2D eigenvalue weighted by molar-refractivity contribution is 0.675. The third-order valence-corrected chi connectivity index (χ3v) is 6.48. The van der Waals surface area contributed by atoms with Gasteiger partial charge < -0.3 is 19.1 Å². The standard InChI is InChI=1S/C30H28N8/c1-3-9-23(10-4-1)19-27-35-21-25(29-31-13-14-32-29)37(27)17-7-8-18-38-26(30-33-15-16-34-30)22-36-28(38)20-24-11-5-2-6-12-24/h1-7,9-17,21-22H,8,18-20H2,(H,31,32)(H,33,34). The Labute approximate surface area is 220 Å². The highest BCUT2D eigenvalue weighted by molar-refractivity contribution is 5.54. The molecule has 0 aliphatic rings. The van der Waals surface area contributed by atoms with Gasteiger partial charge in [-0.05, 0) is 17.5 Å². The van der Waals surface area contributed by atoms with E-state index >= 15 is 0 Å². The van der Waals surface area contributed by atoms with Crippen molar-refractivity contribution in [2.24, 2.45) is 0 Å². The summed E-state index contributed by atoms with van der Waals surface area (Å²) in [5, 5.41) is 0. The molecule has 0 aliphatic heterocycles. The van der Waals surface area contributed by atoms with Crippen LogP contribution in [0.15, 0.2) is 104 Å². The Hall–Kier alpha value is -4.98. The lowest BCUT2D eigenvalue weighted by Gasteiger charge is -2.11. The Morgan fingerprint density at radius 3 is 1.87 bits per heavy atom.